The van der Waals surface area contributed by atoms with E-state index < -0.39 is 12.3 Å². The highest BCUT2D eigenvalue weighted by molar-refractivity contribution is 9.10. The van der Waals surface area contributed by atoms with E-state index in [2.05, 4.69) is 15.9 Å². The van der Waals surface area contributed by atoms with E-state index in [1.165, 1.54) is 12.1 Å². The molecule has 188 valence electrons. The summed E-state index contributed by atoms with van der Waals surface area (Å²) in [4.78, 5) is 14.9. The summed E-state index contributed by atoms with van der Waals surface area (Å²) in [5.41, 5.74) is 3.97. The fraction of sp³-hybridized carbons (Fsp3) is 0.214. The third kappa shape index (κ3) is 4.60. The molecule has 1 amide bonds. The number of carbonyl (C=O) groups is 1. The molecule has 6 rings (SSSR count). The Morgan fingerprint density at radius 3 is 2.57 bits per heavy atom. The summed E-state index contributed by atoms with van der Waals surface area (Å²) < 4.78 is 33.5. The normalized spacial score (nSPS) is 18.6. The molecule has 0 radical (unpaired) electrons. The fourth-order valence-corrected chi connectivity index (χ4v) is 4.88. The number of amides is 1. The Balaban J connectivity index is 1.35. The maximum absolute atomic E-state index is 13.7. The largest absolute Gasteiger partial charge is 0.454 e. The van der Waals surface area contributed by atoms with Gasteiger partial charge in [0.2, 0.25) is 6.79 Å². The number of fused-ring (bicyclic) bond motifs is 1. The summed E-state index contributed by atoms with van der Waals surface area (Å²) in [6, 6.07) is 19.7. The molecule has 0 spiro atoms. The number of hydrogen-bond acceptors (Lipinski definition) is 5. The molecule has 1 saturated heterocycles. The van der Waals surface area contributed by atoms with Crippen LogP contribution in [0.5, 0.6) is 11.5 Å². The van der Waals surface area contributed by atoms with Gasteiger partial charge in [-0.3, -0.25) is 4.79 Å². The average molecular weight is 564 g/mol. The minimum Gasteiger partial charge on any atom is -0.454 e. The Morgan fingerprint density at radius 2 is 1.78 bits per heavy atom. The van der Waals surface area contributed by atoms with Crippen LogP contribution in [-0.2, 0) is 16.0 Å². The van der Waals surface area contributed by atoms with Crippen LogP contribution in [0.4, 0.5) is 4.39 Å². The number of aromatic nitrogens is 2. The number of ether oxygens (including phenoxy) is 3. The summed E-state index contributed by atoms with van der Waals surface area (Å²) in [5, 5.41) is 4.83. The van der Waals surface area contributed by atoms with Crippen molar-refractivity contribution in [2.45, 2.75) is 25.7 Å². The van der Waals surface area contributed by atoms with Crippen LogP contribution in [0.15, 0.2) is 77.4 Å². The van der Waals surface area contributed by atoms with Gasteiger partial charge in [0, 0.05) is 28.3 Å². The zero-order valence-corrected chi connectivity index (χ0v) is 21.5. The van der Waals surface area contributed by atoms with E-state index in [1.807, 2.05) is 48.7 Å². The van der Waals surface area contributed by atoms with Gasteiger partial charge in [0.15, 0.2) is 17.7 Å². The molecule has 7 nitrogen and oxygen atoms in total. The molecule has 9 heteroatoms. The van der Waals surface area contributed by atoms with Crippen molar-refractivity contribution in [3.63, 3.8) is 0 Å². The second-order valence-corrected chi connectivity index (χ2v) is 9.88. The lowest BCUT2D eigenvalue weighted by Crippen LogP contribution is -2.32. The van der Waals surface area contributed by atoms with Crippen LogP contribution < -0.4 is 9.47 Å². The maximum Gasteiger partial charge on any atom is 0.253 e. The Hall–Kier alpha value is -3.69. The molecule has 0 unspecified atom stereocenters. The Morgan fingerprint density at radius 1 is 1.03 bits per heavy atom. The maximum atomic E-state index is 13.7. The van der Waals surface area contributed by atoms with Gasteiger partial charge >= 0.3 is 0 Å². The van der Waals surface area contributed by atoms with Gasteiger partial charge in [-0.25, -0.2) is 9.07 Å². The first kappa shape index (κ1) is 23.7. The van der Waals surface area contributed by atoms with Crippen LogP contribution in [0.1, 0.15) is 24.3 Å². The first-order valence-corrected chi connectivity index (χ1v) is 12.7. The highest BCUT2D eigenvalue weighted by atomic mass is 79.9. The Bertz CT molecular complexity index is 1460. The molecule has 1 aromatic heterocycles. The molecular weight excluding hydrogens is 541 g/mol. The number of nitrogens with zero attached hydrogens (tertiary/aromatic N) is 3. The van der Waals surface area contributed by atoms with Crippen molar-refractivity contribution in [3.8, 4) is 28.4 Å². The SMILES string of the molecule is C[C@H]1O[C@H](c2cn(-c3ccc(Br)cc3)nc2-c2ccc(F)cc2)N(CCc2ccc3c(c2)OCO3)C1=O. The summed E-state index contributed by atoms with van der Waals surface area (Å²) in [5.74, 6) is 1.01. The van der Waals surface area contributed by atoms with Crippen molar-refractivity contribution in [1.29, 1.82) is 0 Å². The summed E-state index contributed by atoms with van der Waals surface area (Å²) in [6.07, 6.45) is 1.26. The van der Waals surface area contributed by atoms with E-state index in [0.717, 1.165) is 32.6 Å². The average Bonchev–Trinajstić information content (AvgIpc) is 3.62. The quantitative estimate of drug-likeness (QED) is 0.303. The third-order valence-electron chi connectivity index (χ3n) is 6.54. The molecular formula is C28H23BrFN3O4. The van der Waals surface area contributed by atoms with Gasteiger partial charge in [0.05, 0.1) is 5.69 Å². The monoisotopic (exact) mass is 563 g/mol. The van der Waals surface area contributed by atoms with Crippen molar-refractivity contribution in [3.05, 3.63) is 94.3 Å². The number of benzene rings is 3. The van der Waals surface area contributed by atoms with Crippen LogP contribution in [-0.4, -0.2) is 40.0 Å². The molecule has 3 heterocycles. The predicted molar refractivity (Wildman–Crippen MR) is 138 cm³/mol. The molecule has 2 aliphatic rings. The van der Waals surface area contributed by atoms with Gasteiger partial charge in [0.1, 0.15) is 17.6 Å². The minimum atomic E-state index is -0.638. The molecule has 1 fully saturated rings. The van der Waals surface area contributed by atoms with E-state index in [9.17, 15) is 9.18 Å². The number of carbonyl (C=O) groups excluding carboxylic acids is 1. The standard InChI is InChI=1S/C28H23BrFN3O4/c1-17-27(34)32(13-12-18-2-11-24-25(14-18)36-16-35-24)28(37-17)23-15-33(22-9-5-20(29)6-10-22)31-26(23)19-3-7-21(30)8-4-19/h2-11,14-15,17,28H,12-13,16H2,1H3/t17-,28-/m1/s1. The summed E-state index contributed by atoms with van der Waals surface area (Å²) in [6.45, 7) is 2.41. The Labute approximate surface area is 221 Å². The van der Waals surface area contributed by atoms with Crippen molar-refractivity contribution in [1.82, 2.24) is 14.7 Å². The van der Waals surface area contributed by atoms with Crippen LogP contribution >= 0.6 is 15.9 Å². The van der Waals surface area contributed by atoms with Gasteiger partial charge in [-0.15, -0.1) is 0 Å². The van der Waals surface area contributed by atoms with Gasteiger partial charge in [-0.05, 0) is 79.6 Å². The molecule has 0 N–H and O–H groups in total. The first-order chi connectivity index (χ1) is 18.0. The zero-order chi connectivity index (χ0) is 25.5. The van der Waals surface area contributed by atoms with E-state index in [4.69, 9.17) is 19.3 Å². The lowest BCUT2D eigenvalue weighted by atomic mass is 10.1. The summed E-state index contributed by atoms with van der Waals surface area (Å²) >= 11 is 3.46. The fourth-order valence-electron chi connectivity index (χ4n) is 4.61. The third-order valence-corrected chi connectivity index (χ3v) is 7.07. The van der Waals surface area contributed by atoms with E-state index in [1.54, 1.807) is 28.6 Å². The van der Waals surface area contributed by atoms with E-state index in [-0.39, 0.29) is 18.5 Å². The van der Waals surface area contributed by atoms with Gasteiger partial charge in [-0.1, -0.05) is 22.0 Å². The molecule has 0 saturated carbocycles. The first-order valence-electron chi connectivity index (χ1n) is 11.9. The molecule has 2 atom stereocenters. The number of hydrogen-bond donors (Lipinski definition) is 0. The molecule has 0 bridgehead atoms. The smallest absolute Gasteiger partial charge is 0.253 e. The molecule has 4 aromatic rings. The molecule has 3 aromatic carbocycles. The van der Waals surface area contributed by atoms with Crippen molar-refractivity contribution < 1.29 is 23.4 Å². The van der Waals surface area contributed by atoms with Crippen LogP contribution in [0.2, 0.25) is 0 Å². The van der Waals surface area contributed by atoms with Crippen LogP contribution in [0, 0.1) is 5.82 Å². The second-order valence-electron chi connectivity index (χ2n) is 8.96. The van der Waals surface area contributed by atoms with Crippen molar-refractivity contribution in [2.24, 2.45) is 0 Å². The van der Waals surface area contributed by atoms with Crippen LogP contribution in [0.3, 0.4) is 0 Å². The lowest BCUT2D eigenvalue weighted by molar-refractivity contribution is -0.130. The highest BCUT2D eigenvalue weighted by Gasteiger charge is 2.40. The van der Waals surface area contributed by atoms with E-state index >= 15 is 0 Å². The molecule has 37 heavy (non-hydrogen) atoms. The van der Waals surface area contributed by atoms with Crippen molar-refractivity contribution >= 4 is 21.8 Å². The topological polar surface area (TPSA) is 65.8 Å². The number of halogens is 2. The minimum absolute atomic E-state index is 0.0906. The van der Waals surface area contributed by atoms with Gasteiger partial charge in [0.25, 0.3) is 5.91 Å². The van der Waals surface area contributed by atoms with Gasteiger partial charge in [-0.2, -0.15) is 5.10 Å². The van der Waals surface area contributed by atoms with Crippen LogP contribution in [0.25, 0.3) is 16.9 Å². The predicted octanol–water partition coefficient (Wildman–Crippen LogP) is 5.66. The number of rotatable bonds is 6. The Kier molecular flexibility index (Phi) is 6.18. The zero-order valence-electron chi connectivity index (χ0n) is 19.9. The second kappa shape index (κ2) is 9.64. The highest BCUT2D eigenvalue weighted by Crippen LogP contribution is 2.38. The molecule has 0 aliphatic carbocycles. The van der Waals surface area contributed by atoms with E-state index in [0.29, 0.717) is 24.4 Å². The molecule has 2 aliphatic heterocycles. The van der Waals surface area contributed by atoms with Gasteiger partial charge < -0.3 is 19.1 Å². The lowest BCUT2D eigenvalue weighted by Gasteiger charge is -2.23. The van der Waals surface area contributed by atoms with Crippen molar-refractivity contribution in [2.75, 3.05) is 13.3 Å². The summed E-state index contributed by atoms with van der Waals surface area (Å²) in [7, 11) is 0.